The van der Waals surface area contributed by atoms with Crippen molar-refractivity contribution >= 4 is 11.7 Å². The molecule has 0 aliphatic rings. The van der Waals surface area contributed by atoms with Crippen LogP contribution < -0.4 is 15.4 Å². The number of carbonyl (C=O) groups is 1. The number of hydrogen-bond acceptors (Lipinski definition) is 2. The molecule has 2 aromatic carbocycles. The second kappa shape index (κ2) is 7.92. The van der Waals surface area contributed by atoms with Crippen molar-refractivity contribution in [2.75, 3.05) is 11.9 Å². The van der Waals surface area contributed by atoms with Crippen LogP contribution in [0.25, 0.3) is 0 Å². The lowest BCUT2D eigenvalue weighted by Gasteiger charge is -2.19. The summed E-state index contributed by atoms with van der Waals surface area (Å²) in [7, 11) is 0. The van der Waals surface area contributed by atoms with Crippen molar-refractivity contribution in [2.24, 2.45) is 0 Å². The summed E-state index contributed by atoms with van der Waals surface area (Å²) in [4.78, 5) is 12.1. The van der Waals surface area contributed by atoms with Gasteiger partial charge in [-0.05, 0) is 39.0 Å². The number of halogens is 3. The number of rotatable bonds is 5. The van der Waals surface area contributed by atoms with Crippen LogP contribution in [0.4, 0.5) is 23.7 Å². The lowest BCUT2D eigenvalue weighted by Crippen LogP contribution is -2.31. The summed E-state index contributed by atoms with van der Waals surface area (Å²) in [6, 6.07) is 6.06. The Kier molecular flexibility index (Phi) is 5.90. The van der Waals surface area contributed by atoms with E-state index in [0.29, 0.717) is 12.4 Å². The van der Waals surface area contributed by atoms with Gasteiger partial charge in [-0.2, -0.15) is 0 Å². The number of aryl methyl sites for hydroxylation is 1. The van der Waals surface area contributed by atoms with Gasteiger partial charge in [-0.1, -0.05) is 17.7 Å². The second-order valence-electron chi connectivity index (χ2n) is 5.52. The first-order valence-corrected chi connectivity index (χ1v) is 7.77. The molecule has 0 saturated carbocycles. The van der Waals surface area contributed by atoms with Gasteiger partial charge in [0.1, 0.15) is 5.75 Å². The molecule has 134 valence electrons. The number of ether oxygens (including phenoxy) is 1. The quantitative estimate of drug-likeness (QED) is 0.767. The molecular weight excluding hydrogens is 333 g/mol. The zero-order valence-electron chi connectivity index (χ0n) is 14.1. The maximum atomic E-state index is 13.6. The Morgan fingerprint density at radius 3 is 2.56 bits per heavy atom. The predicted molar refractivity (Wildman–Crippen MR) is 89.2 cm³/mol. The van der Waals surface area contributed by atoms with Crippen molar-refractivity contribution < 1.29 is 22.7 Å². The highest BCUT2D eigenvalue weighted by Crippen LogP contribution is 2.27. The standard InChI is InChI=1S/C18H19F3N2O2/c1-4-25-15-8-5-10(2)9-12(15)11(3)22-18(24)23-14-7-6-13(19)16(20)17(14)21/h5-9,11H,4H2,1-3H3,(H2,22,23,24). The van der Waals surface area contributed by atoms with Gasteiger partial charge in [0, 0.05) is 5.56 Å². The van der Waals surface area contributed by atoms with Crippen LogP contribution in [0.15, 0.2) is 30.3 Å². The van der Waals surface area contributed by atoms with E-state index in [1.54, 1.807) is 13.0 Å². The van der Waals surface area contributed by atoms with Gasteiger partial charge in [-0.15, -0.1) is 0 Å². The van der Waals surface area contributed by atoms with Crippen molar-refractivity contribution in [2.45, 2.75) is 26.8 Å². The van der Waals surface area contributed by atoms with E-state index in [9.17, 15) is 18.0 Å². The van der Waals surface area contributed by atoms with Crippen molar-refractivity contribution in [3.63, 3.8) is 0 Å². The van der Waals surface area contributed by atoms with Crippen LogP contribution in [0, 0.1) is 24.4 Å². The molecule has 25 heavy (non-hydrogen) atoms. The minimum absolute atomic E-state index is 0.446. The number of anilines is 1. The normalized spacial score (nSPS) is 11.8. The Bertz CT molecular complexity index is 781. The number of hydrogen-bond donors (Lipinski definition) is 2. The molecule has 0 spiro atoms. The Hall–Kier alpha value is -2.70. The first-order chi connectivity index (χ1) is 11.8. The molecule has 0 aliphatic heterocycles. The van der Waals surface area contributed by atoms with Crippen LogP contribution in [-0.2, 0) is 0 Å². The van der Waals surface area contributed by atoms with Gasteiger partial charge in [0.2, 0.25) is 0 Å². The van der Waals surface area contributed by atoms with Gasteiger partial charge in [-0.25, -0.2) is 18.0 Å². The highest BCUT2D eigenvalue weighted by molar-refractivity contribution is 5.89. The van der Waals surface area contributed by atoms with Gasteiger partial charge in [0.25, 0.3) is 0 Å². The highest BCUT2D eigenvalue weighted by atomic mass is 19.2. The minimum atomic E-state index is -1.64. The topological polar surface area (TPSA) is 50.4 Å². The smallest absolute Gasteiger partial charge is 0.319 e. The van der Waals surface area contributed by atoms with E-state index in [1.807, 2.05) is 26.0 Å². The molecule has 0 saturated heterocycles. The SMILES string of the molecule is CCOc1ccc(C)cc1C(C)NC(=O)Nc1ccc(F)c(F)c1F. The first kappa shape index (κ1) is 18.6. The molecule has 1 atom stereocenters. The molecule has 7 heteroatoms. The summed E-state index contributed by atoms with van der Waals surface area (Å²) in [5.74, 6) is -3.78. The summed E-state index contributed by atoms with van der Waals surface area (Å²) in [5.41, 5.74) is 1.29. The third-order valence-corrected chi connectivity index (χ3v) is 3.56. The molecule has 0 radical (unpaired) electrons. The minimum Gasteiger partial charge on any atom is -0.494 e. The summed E-state index contributed by atoms with van der Waals surface area (Å²) < 4.78 is 45.3. The van der Waals surface area contributed by atoms with Crippen LogP contribution in [0.2, 0.25) is 0 Å². The van der Waals surface area contributed by atoms with E-state index in [4.69, 9.17) is 4.74 Å². The van der Waals surface area contributed by atoms with Gasteiger partial charge >= 0.3 is 6.03 Å². The fraction of sp³-hybridized carbons (Fsp3) is 0.278. The zero-order valence-corrected chi connectivity index (χ0v) is 14.1. The predicted octanol–water partition coefficient (Wildman–Crippen LogP) is 4.69. The van der Waals surface area contributed by atoms with E-state index in [-0.39, 0.29) is 0 Å². The molecular formula is C18H19F3N2O2. The number of carbonyl (C=O) groups excluding carboxylic acids is 1. The van der Waals surface area contributed by atoms with Crippen LogP contribution >= 0.6 is 0 Å². The van der Waals surface area contributed by atoms with Crippen LogP contribution in [0.5, 0.6) is 5.75 Å². The average molecular weight is 352 g/mol. The summed E-state index contributed by atoms with van der Waals surface area (Å²) >= 11 is 0. The van der Waals surface area contributed by atoms with Gasteiger partial charge in [-0.3, -0.25) is 0 Å². The molecule has 0 aromatic heterocycles. The number of amides is 2. The first-order valence-electron chi connectivity index (χ1n) is 7.77. The number of benzene rings is 2. The Balaban J connectivity index is 2.13. The lowest BCUT2D eigenvalue weighted by molar-refractivity contribution is 0.248. The van der Waals surface area contributed by atoms with E-state index in [0.717, 1.165) is 23.3 Å². The lowest BCUT2D eigenvalue weighted by atomic mass is 10.0. The third kappa shape index (κ3) is 4.43. The second-order valence-corrected chi connectivity index (χ2v) is 5.52. The van der Waals surface area contributed by atoms with Crippen LogP contribution in [-0.4, -0.2) is 12.6 Å². The maximum absolute atomic E-state index is 13.6. The van der Waals surface area contributed by atoms with Crippen molar-refractivity contribution in [3.05, 3.63) is 58.9 Å². The largest absolute Gasteiger partial charge is 0.494 e. The molecule has 0 fully saturated rings. The fourth-order valence-electron chi connectivity index (χ4n) is 2.35. The molecule has 2 amide bonds. The monoisotopic (exact) mass is 352 g/mol. The van der Waals surface area contributed by atoms with Gasteiger partial charge in [0.15, 0.2) is 17.5 Å². The third-order valence-electron chi connectivity index (χ3n) is 3.56. The highest BCUT2D eigenvalue weighted by Gasteiger charge is 2.18. The molecule has 2 rings (SSSR count). The average Bonchev–Trinajstić information content (AvgIpc) is 2.57. The molecule has 1 unspecified atom stereocenters. The van der Waals surface area contributed by atoms with Crippen LogP contribution in [0.1, 0.15) is 31.0 Å². The number of urea groups is 1. The summed E-state index contributed by atoms with van der Waals surface area (Å²) in [6.45, 7) is 5.95. The van der Waals surface area contributed by atoms with E-state index >= 15 is 0 Å². The zero-order chi connectivity index (χ0) is 18.6. The molecule has 2 aromatic rings. The Morgan fingerprint density at radius 1 is 1.16 bits per heavy atom. The van der Waals surface area contributed by atoms with Gasteiger partial charge < -0.3 is 15.4 Å². The maximum Gasteiger partial charge on any atom is 0.319 e. The van der Waals surface area contributed by atoms with E-state index in [1.165, 1.54) is 0 Å². The van der Waals surface area contributed by atoms with E-state index < -0.39 is 35.2 Å². The van der Waals surface area contributed by atoms with Gasteiger partial charge in [0.05, 0.1) is 18.3 Å². The molecule has 2 N–H and O–H groups in total. The van der Waals surface area contributed by atoms with Crippen LogP contribution in [0.3, 0.4) is 0 Å². The molecule has 0 aliphatic carbocycles. The summed E-state index contributed by atoms with van der Waals surface area (Å²) in [6.07, 6.45) is 0. The molecule has 0 bridgehead atoms. The fourth-order valence-corrected chi connectivity index (χ4v) is 2.35. The Morgan fingerprint density at radius 2 is 1.88 bits per heavy atom. The Labute approximate surface area is 144 Å². The number of nitrogens with one attached hydrogen (secondary N) is 2. The molecule has 4 nitrogen and oxygen atoms in total. The summed E-state index contributed by atoms with van der Waals surface area (Å²) in [5, 5.41) is 4.79. The van der Waals surface area contributed by atoms with E-state index in [2.05, 4.69) is 10.6 Å². The van der Waals surface area contributed by atoms with Crippen molar-refractivity contribution in [1.82, 2.24) is 5.32 Å². The van der Waals surface area contributed by atoms with Crippen molar-refractivity contribution in [1.29, 1.82) is 0 Å². The van der Waals surface area contributed by atoms with Crippen molar-refractivity contribution in [3.8, 4) is 5.75 Å². The molecule has 0 heterocycles.